The zero-order valence-corrected chi connectivity index (χ0v) is 22.4. The van der Waals surface area contributed by atoms with Gasteiger partial charge in [-0.2, -0.15) is 4.89 Å². The molecule has 3 nitrogen and oxygen atoms in total. The Morgan fingerprint density at radius 2 is 1.50 bits per heavy atom. The maximum atomic E-state index is 10.8. The van der Waals surface area contributed by atoms with Crippen LogP contribution in [0.25, 0.3) is 0 Å². The molecule has 178 valence electrons. The fraction of sp³-hybridized carbons (Fsp3) is 0.571. The molecule has 0 aliphatic heterocycles. The fourth-order valence-corrected chi connectivity index (χ4v) is 3.98. The highest BCUT2D eigenvalue weighted by Gasteiger charge is 2.37. The van der Waals surface area contributed by atoms with Gasteiger partial charge in [0.15, 0.2) is 5.16 Å². The third-order valence-electron chi connectivity index (χ3n) is 6.22. The SMILES string of the molecule is CCCCCC(C)(C)[P+](=O)O.Cc1c(CCc2ccccc2)cc(C(C)(C)C)c(O)c1C. The van der Waals surface area contributed by atoms with Crippen LogP contribution in [0.2, 0.25) is 0 Å². The number of unbranched alkanes of at least 4 members (excludes halogenated alkanes) is 2. The minimum absolute atomic E-state index is 0.0377. The van der Waals surface area contributed by atoms with Gasteiger partial charge in [-0.25, -0.2) is 0 Å². The van der Waals surface area contributed by atoms with E-state index in [1.165, 1.54) is 16.7 Å². The summed E-state index contributed by atoms with van der Waals surface area (Å²) in [7, 11) is -2.01. The zero-order chi connectivity index (χ0) is 24.5. The number of phenolic OH excluding ortho intramolecular Hbond substituents is 1. The molecule has 32 heavy (non-hydrogen) atoms. The number of hydrogen-bond donors (Lipinski definition) is 2. The van der Waals surface area contributed by atoms with Crippen molar-refractivity contribution in [3.05, 3.63) is 64.2 Å². The third kappa shape index (κ3) is 8.68. The van der Waals surface area contributed by atoms with Gasteiger partial charge in [0.05, 0.1) is 0 Å². The van der Waals surface area contributed by atoms with Gasteiger partial charge in [0.1, 0.15) is 5.75 Å². The standard InChI is InChI=1S/C20H26O.C8H17O2P/c1-14-15(2)19(21)18(20(3,4)5)13-17(14)12-11-16-9-7-6-8-10-16;1-4-5-6-7-8(2,3)11(9)10/h6-10,13,21H,11-12H2,1-5H3;4-7H2,1-3H3/p+1. The van der Waals surface area contributed by atoms with Crippen LogP contribution in [0.4, 0.5) is 0 Å². The highest BCUT2D eigenvalue weighted by molar-refractivity contribution is 7.39. The summed E-state index contributed by atoms with van der Waals surface area (Å²) in [5.74, 6) is 0.462. The van der Waals surface area contributed by atoms with Crippen LogP contribution >= 0.6 is 8.03 Å². The Bertz CT molecular complexity index is 864. The second-order valence-electron chi connectivity index (χ2n) is 10.5. The zero-order valence-electron chi connectivity index (χ0n) is 21.5. The van der Waals surface area contributed by atoms with E-state index in [1.807, 2.05) is 20.8 Å². The second-order valence-corrected chi connectivity index (χ2v) is 12.2. The lowest BCUT2D eigenvalue weighted by molar-refractivity contribution is 0.441. The molecule has 2 rings (SSSR count). The van der Waals surface area contributed by atoms with Gasteiger partial charge in [-0.3, -0.25) is 0 Å². The van der Waals surface area contributed by atoms with Gasteiger partial charge in [-0.1, -0.05) is 76.9 Å². The highest BCUT2D eigenvalue weighted by atomic mass is 31.1. The van der Waals surface area contributed by atoms with Gasteiger partial charge >= 0.3 is 8.03 Å². The average Bonchev–Trinajstić information content (AvgIpc) is 2.72. The van der Waals surface area contributed by atoms with E-state index in [0.717, 1.165) is 49.7 Å². The number of rotatable bonds is 8. The first-order valence-corrected chi connectivity index (χ1v) is 13.0. The Morgan fingerprint density at radius 3 is 2.00 bits per heavy atom. The van der Waals surface area contributed by atoms with E-state index in [4.69, 9.17) is 4.89 Å². The molecule has 0 amide bonds. The van der Waals surface area contributed by atoms with Crippen molar-refractivity contribution in [3.8, 4) is 5.75 Å². The Kier molecular flexibility index (Phi) is 11.1. The van der Waals surface area contributed by atoms with Crippen molar-refractivity contribution >= 4 is 8.03 Å². The van der Waals surface area contributed by atoms with Gasteiger partial charge in [-0.05, 0) is 91.2 Å². The lowest BCUT2D eigenvalue weighted by Gasteiger charge is -2.24. The summed E-state index contributed by atoms with van der Waals surface area (Å²) < 4.78 is 10.8. The van der Waals surface area contributed by atoms with Crippen molar-refractivity contribution in [2.75, 3.05) is 0 Å². The predicted octanol–water partition coefficient (Wildman–Crippen LogP) is 8.17. The first-order valence-electron chi connectivity index (χ1n) is 11.8. The van der Waals surface area contributed by atoms with Gasteiger partial charge in [0.25, 0.3) is 0 Å². The first kappa shape index (κ1) is 28.3. The van der Waals surface area contributed by atoms with Gasteiger partial charge < -0.3 is 5.11 Å². The van der Waals surface area contributed by atoms with Gasteiger partial charge in [0, 0.05) is 0 Å². The number of benzene rings is 2. The molecule has 0 spiro atoms. The van der Waals surface area contributed by atoms with Gasteiger partial charge in [-0.15, -0.1) is 0 Å². The molecule has 2 N–H and O–H groups in total. The van der Waals surface area contributed by atoms with E-state index < -0.39 is 8.03 Å². The molecule has 0 fully saturated rings. The molecule has 4 heteroatoms. The van der Waals surface area contributed by atoms with Crippen molar-refractivity contribution in [1.82, 2.24) is 0 Å². The highest BCUT2D eigenvalue weighted by Crippen LogP contribution is 2.38. The van der Waals surface area contributed by atoms with Crippen molar-refractivity contribution < 1.29 is 14.6 Å². The van der Waals surface area contributed by atoms with E-state index in [1.54, 1.807) is 0 Å². The average molecular weight is 460 g/mol. The minimum atomic E-state index is -2.01. The Labute approximate surface area is 197 Å². The molecule has 0 heterocycles. The summed E-state index contributed by atoms with van der Waals surface area (Å²) >= 11 is 0. The summed E-state index contributed by atoms with van der Waals surface area (Å²) in [5, 5.41) is 10.0. The molecule has 1 unspecified atom stereocenters. The number of hydrogen-bond acceptors (Lipinski definition) is 2. The molecule has 0 radical (unpaired) electrons. The molecule has 0 saturated heterocycles. The second kappa shape index (κ2) is 12.5. The summed E-state index contributed by atoms with van der Waals surface area (Å²) in [5.41, 5.74) is 5.96. The molecule has 0 saturated carbocycles. The van der Waals surface area contributed by atoms with Crippen LogP contribution in [0, 0.1) is 13.8 Å². The van der Waals surface area contributed by atoms with E-state index in [-0.39, 0.29) is 10.6 Å². The Balaban J connectivity index is 0.000000396. The molecular formula is C28H44O3P+. The summed E-state index contributed by atoms with van der Waals surface area (Å²) in [6.45, 7) is 16.4. The van der Waals surface area contributed by atoms with Crippen LogP contribution in [-0.2, 0) is 22.8 Å². The largest absolute Gasteiger partial charge is 0.511 e. The number of aryl methyl sites for hydroxylation is 2. The van der Waals surface area contributed by atoms with Crippen LogP contribution in [0.5, 0.6) is 5.75 Å². The summed E-state index contributed by atoms with van der Waals surface area (Å²) in [6.07, 6.45) is 6.29. The Morgan fingerprint density at radius 1 is 0.906 bits per heavy atom. The van der Waals surface area contributed by atoms with Crippen LogP contribution in [0.15, 0.2) is 36.4 Å². The minimum Gasteiger partial charge on any atom is -0.507 e. The fourth-order valence-electron chi connectivity index (χ4n) is 3.63. The maximum absolute atomic E-state index is 10.8. The van der Waals surface area contributed by atoms with Crippen LogP contribution in [0.1, 0.15) is 95.0 Å². The maximum Gasteiger partial charge on any atom is 0.511 e. The third-order valence-corrected chi connectivity index (χ3v) is 7.48. The van der Waals surface area contributed by atoms with Crippen molar-refractivity contribution in [3.63, 3.8) is 0 Å². The molecule has 0 bridgehead atoms. The molecule has 2 aromatic carbocycles. The number of aromatic hydroxyl groups is 1. The van der Waals surface area contributed by atoms with Crippen LogP contribution < -0.4 is 0 Å². The van der Waals surface area contributed by atoms with Crippen LogP contribution in [0.3, 0.4) is 0 Å². The van der Waals surface area contributed by atoms with E-state index >= 15 is 0 Å². The van der Waals surface area contributed by atoms with Crippen molar-refractivity contribution in [1.29, 1.82) is 0 Å². The van der Waals surface area contributed by atoms with Crippen molar-refractivity contribution in [2.24, 2.45) is 0 Å². The molecule has 1 atom stereocenters. The van der Waals surface area contributed by atoms with Crippen molar-refractivity contribution in [2.45, 2.75) is 104 Å². The van der Waals surface area contributed by atoms with E-state index in [2.05, 4.69) is 71.0 Å². The molecule has 0 aliphatic rings. The van der Waals surface area contributed by atoms with Crippen LogP contribution in [-0.4, -0.2) is 15.2 Å². The van der Waals surface area contributed by atoms with Gasteiger partial charge in [0.2, 0.25) is 0 Å². The molecular weight excluding hydrogens is 415 g/mol. The predicted molar refractivity (Wildman–Crippen MR) is 138 cm³/mol. The quantitative estimate of drug-likeness (QED) is 0.309. The monoisotopic (exact) mass is 459 g/mol. The Hall–Kier alpha value is -1.70. The normalized spacial score (nSPS) is 12.2. The molecule has 2 aromatic rings. The lowest BCUT2D eigenvalue weighted by atomic mass is 9.82. The number of phenols is 1. The lowest BCUT2D eigenvalue weighted by Crippen LogP contribution is -2.13. The van der Waals surface area contributed by atoms with E-state index in [9.17, 15) is 9.67 Å². The summed E-state index contributed by atoms with van der Waals surface area (Å²) in [4.78, 5) is 8.89. The smallest absolute Gasteiger partial charge is 0.507 e. The molecule has 0 aliphatic carbocycles. The molecule has 0 aromatic heterocycles. The van der Waals surface area contributed by atoms with E-state index in [0.29, 0.717) is 5.75 Å². The summed E-state index contributed by atoms with van der Waals surface area (Å²) in [6, 6.07) is 12.8. The topological polar surface area (TPSA) is 57.5 Å². The first-order chi connectivity index (χ1) is 14.8.